The third kappa shape index (κ3) is 57.6. The molecule has 6 heteroatoms. The first-order chi connectivity index (χ1) is 35.5. The van der Waals surface area contributed by atoms with E-state index in [1.807, 2.05) is 0 Å². The third-order valence-electron chi connectivity index (χ3n) is 15.2. The molecule has 0 bridgehead atoms. The van der Waals surface area contributed by atoms with Crippen molar-refractivity contribution < 1.29 is 24.5 Å². The number of esters is 1. The van der Waals surface area contributed by atoms with Crippen molar-refractivity contribution in [2.75, 3.05) is 13.2 Å². The maximum Gasteiger partial charge on any atom is 0.305 e. The zero-order valence-electron chi connectivity index (χ0n) is 48.7. The maximum absolute atomic E-state index is 12.5. The Kier molecular flexibility index (Phi) is 60.5. The molecule has 3 N–H and O–H groups in total. The minimum atomic E-state index is -0.670. The number of unbranched alkanes of at least 4 members (excludes halogenated alkanes) is 46. The van der Waals surface area contributed by atoms with Crippen LogP contribution in [0.1, 0.15) is 361 Å². The van der Waals surface area contributed by atoms with E-state index in [9.17, 15) is 19.8 Å². The molecule has 72 heavy (non-hydrogen) atoms. The van der Waals surface area contributed by atoms with Gasteiger partial charge in [0.25, 0.3) is 0 Å². The maximum atomic E-state index is 12.5. The average Bonchev–Trinajstić information content (AvgIpc) is 3.38. The van der Waals surface area contributed by atoms with Crippen molar-refractivity contribution >= 4 is 11.9 Å². The quantitative estimate of drug-likeness (QED) is 0.0320. The molecule has 0 aliphatic carbocycles. The number of amides is 1. The van der Waals surface area contributed by atoms with E-state index in [4.69, 9.17) is 4.74 Å². The molecule has 0 saturated carbocycles. The standard InChI is InChI=1S/C66H127NO5/c1-3-5-7-9-11-13-15-17-19-21-24-28-32-36-40-44-48-52-56-60-66(71)72-61-57-53-49-45-41-37-33-29-26-23-22-25-27-31-35-39-43-47-51-55-59-65(70)67-63(62-68)64(69)58-54-50-46-42-38-34-30-20-18-16-14-12-10-8-6-4-2/h17,19,22,25,63-64,68-69H,3-16,18,20-21,23-24,26-62H2,1-2H3,(H,67,70)/b19-17-,25-22-. The summed E-state index contributed by atoms with van der Waals surface area (Å²) in [7, 11) is 0. The van der Waals surface area contributed by atoms with Crippen molar-refractivity contribution in [2.24, 2.45) is 0 Å². The summed E-state index contributed by atoms with van der Waals surface area (Å²) in [5, 5.41) is 23.3. The fraction of sp³-hybridized carbons (Fsp3) is 0.909. The topological polar surface area (TPSA) is 95.9 Å². The summed E-state index contributed by atoms with van der Waals surface area (Å²) < 4.78 is 5.50. The monoisotopic (exact) mass is 1010 g/mol. The van der Waals surface area contributed by atoms with E-state index < -0.39 is 12.1 Å². The highest BCUT2D eigenvalue weighted by molar-refractivity contribution is 5.76. The molecule has 0 fully saturated rings. The Bertz CT molecular complexity index is 1120. The predicted molar refractivity (Wildman–Crippen MR) is 315 cm³/mol. The minimum Gasteiger partial charge on any atom is -0.466 e. The first kappa shape index (κ1) is 70.3. The third-order valence-corrected chi connectivity index (χ3v) is 15.2. The number of aliphatic hydroxyl groups is 2. The van der Waals surface area contributed by atoms with E-state index in [0.29, 0.717) is 25.9 Å². The Hall–Kier alpha value is -1.66. The fourth-order valence-corrected chi connectivity index (χ4v) is 10.2. The van der Waals surface area contributed by atoms with E-state index in [1.54, 1.807) is 0 Å². The number of hydrogen-bond acceptors (Lipinski definition) is 5. The molecule has 2 unspecified atom stereocenters. The van der Waals surface area contributed by atoms with Crippen LogP contribution in [0.4, 0.5) is 0 Å². The van der Waals surface area contributed by atoms with Crippen LogP contribution >= 0.6 is 0 Å². The van der Waals surface area contributed by atoms with Gasteiger partial charge in [-0.15, -0.1) is 0 Å². The summed E-state index contributed by atoms with van der Waals surface area (Å²) in [5.74, 6) is -0.0347. The van der Waals surface area contributed by atoms with E-state index in [0.717, 1.165) is 44.9 Å². The summed E-state index contributed by atoms with van der Waals surface area (Å²) in [6.45, 7) is 4.96. The van der Waals surface area contributed by atoms with Gasteiger partial charge in [0.2, 0.25) is 5.91 Å². The summed E-state index contributed by atoms with van der Waals surface area (Å²) in [5.41, 5.74) is 0. The van der Waals surface area contributed by atoms with E-state index in [2.05, 4.69) is 43.5 Å². The number of rotatable bonds is 61. The highest BCUT2D eigenvalue weighted by Gasteiger charge is 2.20. The van der Waals surface area contributed by atoms with E-state index in [1.165, 1.54) is 283 Å². The zero-order chi connectivity index (χ0) is 52.2. The summed E-state index contributed by atoms with van der Waals surface area (Å²) in [6.07, 6.45) is 76.2. The summed E-state index contributed by atoms with van der Waals surface area (Å²) in [6, 6.07) is -0.548. The zero-order valence-corrected chi connectivity index (χ0v) is 48.7. The first-order valence-electron chi connectivity index (χ1n) is 32.6. The van der Waals surface area contributed by atoms with Gasteiger partial charge in [-0.25, -0.2) is 0 Å². The second-order valence-electron chi connectivity index (χ2n) is 22.4. The molecule has 0 saturated heterocycles. The second kappa shape index (κ2) is 61.9. The predicted octanol–water partition coefficient (Wildman–Crippen LogP) is 20.6. The lowest BCUT2D eigenvalue weighted by Gasteiger charge is -2.22. The number of carbonyl (C=O) groups is 2. The van der Waals surface area contributed by atoms with Gasteiger partial charge in [0.15, 0.2) is 0 Å². The average molecular weight is 1010 g/mol. The van der Waals surface area contributed by atoms with Gasteiger partial charge in [-0.05, 0) is 77.0 Å². The van der Waals surface area contributed by atoms with Gasteiger partial charge in [0, 0.05) is 12.8 Å². The number of aliphatic hydroxyl groups excluding tert-OH is 2. The Labute approximate surface area is 450 Å². The van der Waals surface area contributed by atoms with Crippen LogP contribution in [0.2, 0.25) is 0 Å². The smallest absolute Gasteiger partial charge is 0.305 e. The molecule has 0 aromatic rings. The lowest BCUT2D eigenvalue weighted by atomic mass is 10.0. The number of ether oxygens (including phenoxy) is 1. The minimum absolute atomic E-state index is 0.00648. The van der Waals surface area contributed by atoms with Gasteiger partial charge in [-0.2, -0.15) is 0 Å². The summed E-state index contributed by atoms with van der Waals surface area (Å²) in [4.78, 5) is 24.6. The van der Waals surface area contributed by atoms with Crippen LogP contribution in [0.3, 0.4) is 0 Å². The Morgan fingerprint density at radius 3 is 0.986 bits per heavy atom. The molecular formula is C66H127NO5. The molecule has 0 aliphatic heterocycles. The van der Waals surface area contributed by atoms with Crippen LogP contribution in [0.5, 0.6) is 0 Å². The molecule has 0 aromatic heterocycles. The van der Waals surface area contributed by atoms with Crippen molar-refractivity contribution in [3.05, 3.63) is 24.3 Å². The van der Waals surface area contributed by atoms with Crippen LogP contribution < -0.4 is 5.32 Å². The van der Waals surface area contributed by atoms with Gasteiger partial charge in [0.1, 0.15) is 0 Å². The molecule has 0 aliphatic rings. The molecule has 0 aromatic carbocycles. The van der Waals surface area contributed by atoms with Crippen molar-refractivity contribution in [2.45, 2.75) is 373 Å². The molecular weight excluding hydrogens is 887 g/mol. The highest BCUT2D eigenvalue weighted by Crippen LogP contribution is 2.18. The number of hydrogen-bond donors (Lipinski definition) is 3. The Morgan fingerprint density at radius 2 is 0.653 bits per heavy atom. The van der Waals surface area contributed by atoms with Crippen molar-refractivity contribution in [1.82, 2.24) is 5.32 Å². The molecule has 1 amide bonds. The van der Waals surface area contributed by atoms with Crippen LogP contribution in [0, 0.1) is 0 Å². The molecule has 0 spiro atoms. The van der Waals surface area contributed by atoms with Crippen molar-refractivity contribution in [3.63, 3.8) is 0 Å². The molecule has 2 atom stereocenters. The van der Waals surface area contributed by atoms with Gasteiger partial charge in [-0.3, -0.25) is 9.59 Å². The molecule has 0 radical (unpaired) electrons. The Balaban J connectivity index is 3.41. The van der Waals surface area contributed by atoms with E-state index >= 15 is 0 Å². The van der Waals surface area contributed by atoms with Crippen LogP contribution in [0.15, 0.2) is 24.3 Å². The van der Waals surface area contributed by atoms with Gasteiger partial charge < -0.3 is 20.3 Å². The van der Waals surface area contributed by atoms with Gasteiger partial charge in [0.05, 0.1) is 25.4 Å². The lowest BCUT2D eigenvalue weighted by molar-refractivity contribution is -0.143. The number of nitrogens with one attached hydrogen (secondary N) is 1. The first-order valence-corrected chi connectivity index (χ1v) is 32.6. The second-order valence-corrected chi connectivity index (χ2v) is 22.4. The van der Waals surface area contributed by atoms with Crippen LogP contribution in [0.25, 0.3) is 0 Å². The molecule has 6 nitrogen and oxygen atoms in total. The lowest BCUT2D eigenvalue weighted by Crippen LogP contribution is -2.45. The normalized spacial score (nSPS) is 12.7. The van der Waals surface area contributed by atoms with Crippen LogP contribution in [-0.2, 0) is 14.3 Å². The van der Waals surface area contributed by atoms with Crippen molar-refractivity contribution in [3.8, 4) is 0 Å². The van der Waals surface area contributed by atoms with Gasteiger partial charge >= 0.3 is 5.97 Å². The van der Waals surface area contributed by atoms with Crippen LogP contribution in [-0.4, -0.2) is 47.4 Å². The SMILES string of the molecule is CCCCCCCC/C=C\CCCCCCCCCCCC(=O)OCCCCCCCCCCC/C=C\CCCCCCCCCC(=O)NC(CO)C(O)CCCCCCCCCCCCCCCCCC. The fourth-order valence-electron chi connectivity index (χ4n) is 10.2. The Morgan fingerprint density at radius 1 is 0.375 bits per heavy atom. The molecule has 0 rings (SSSR count). The number of carbonyl (C=O) groups excluding carboxylic acids is 2. The van der Waals surface area contributed by atoms with E-state index in [-0.39, 0.29) is 18.5 Å². The largest absolute Gasteiger partial charge is 0.466 e. The summed E-state index contributed by atoms with van der Waals surface area (Å²) >= 11 is 0. The van der Waals surface area contributed by atoms with Crippen molar-refractivity contribution in [1.29, 1.82) is 0 Å². The van der Waals surface area contributed by atoms with Gasteiger partial charge in [-0.1, -0.05) is 295 Å². The molecule has 426 valence electrons. The number of allylic oxidation sites excluding steroid dienone is 4. The molecule has 0 heterocycles. The highest BCUT2D eigenvalue weighted by atomic mass is 16.5.